The maximum atomic E-state index is 13.8. The molecule has 5 rings (SSSR count). The summed E-state index contributed by atoms with van der Waals surface area (Å²) in [6, 6.07) is 11.9. The number of aromatic carboxylic acids is 1. The summed E-state index contributed by atoms with van der Waals surface area (Å²) >= 11 is 0. The molecule has 6 heteroatoms. The number of carbonyl (C=O) groups excluding carboxylic acids is 1. The zero-order valence-electron chi connectivity index (χ0n) is 17.4. The number of amides is 1. The Morgan fingerprint density at radius 2 is 1.81 bits per heavy atom. The minimum absolute atomic E-state index is 0.0514. The molecule has 3 fully saturated rings. The van der Waals surface area contributed by atoms with E-state index in [-0.39, 0.29) is 23.0 Å². The van der Waals surface area contributed by atoms with Gasteiger partial charge in [-0.25, -0.2) is 9.18 Å². The number of halogens is 1. The van der Waals surface area contributed by atoms with Gasteiger partial charge in [0.1, 0.15) is 11.9 Å². The number of hydrogen-bond acceptors (Lipinski definition) is 3. The molecule has 31 heavy (non-hydrogen) atoms. The van der Waals surface area contributed by atoms with Crippen molar-refractivity contribution in [1.29, 1.82) is 0 Å². The van der Waals surface area contributed by atoms with E-state index in [0.29, 0.717) is 18.1 Å². The van der Waals surface area contributed by atoms with Gasteiger partial charge in [-0.05, 0) is 78.3 Å². The second kappa shape index (κ2) is 7.75. The summed E-state index contributed by atoms with van der Waals surface area (Å²) in [7, 11) is 0. The van der Waals surface area contributed by atoms with E-state index in [1.807, 2.05) is 17.0 Å². The predicted molar refractivity (Wildman–Crippen MR) is 113 cm³/mol. The minimum Gasteiger partial charge on any atom is -0.478 e. The van der Waals surface area contributed by atoms with Crippen molar-refractivity contribution >= 4 is 11.9 Å². The average molecular weight is 423 g/mol. The molecule has 1 amide bonds. The third kappa shape index (κ3) is 3.85. The molecule has 2 heterocycles. The first-order valence-corrected chi connectivity index (χ1v) is 11.0. The number of nitrogens with zero attached hydrogens (tertiary/aromatic N) is 1. The highest BCUT2D eigenvalue weighted by Crippen LogP contribution is 2.65. The van der Waals surface area contributed by atoms with Crippen LogP contribution < -0.4 is 0 Å². The van der Waals surface area contributed by atoms with Gasteiger partial charge in [-0.15, -0.1) is 0 Å². The Bertz CT molecular complexity index is 1000. The lowest BCUT2D eigenvalue weighted by molar-refractivity contribution is -0.142. The minimum atomic E-state index is -1.14. The smallest absolute Gasteiger partial charge is 0.335 e. The number of ether oxygens (including phenoxy) is 1. The van der Waals surface area contributed by atoms with Crippen molar-refractivity contribution < 1.29 is 23.8 Å². The molecule has 162 valence electrons. The van der Waals surface area contributed by atoms with Crippen molar-refractivity contribution in [3.63, 3.8) is 0 Å². The van der Waals surface area contributed by atoms with Crippen LogP contribution in [0.3, 0.4) is 0 Å². The summed E-state index contributed by atoms with van der Waals surface area (Å²) in [4.78, 5) is 25.8. The summed E-state index contributed by atoms with van der Waals surface area (Å²) in [6.07, 6.45) is 4.75. The van der Waals surface area contributed by atoms with Crippen molar-refractivity contribution in [2.24, 2.45) is 5.41 Å². The normalized spacial score (nSPS) is 24.4. The summed E-state index contributed by atoms with van der Waals surface area (Å²) < 4.78 is 19.4. The van der Waals surface area contributed by atoms with Crippen molar-refractivity contribution in [2.45, 2.75) is 44.1 Å². The number of carbonyl (C=O) groups is 2. The van der Waals surface area contributed by atoms with Crippen LogP contribution in [0.1, 0.15) is 53.9 Å². The number of carboxylic acid groups (broad SMARTS) is 1. The molecule has 1 unspecified atom stereocenters. The van der Waals surface area contributed by atoms with Crippen LogP contribution in [0.25, 0.3) is 11.1 Å². The topological polar surface area (TPSA) is 66.8 Å². The molecule has 1 spiro atoms. The van der Waals surface area contributed by atoms with Gasteiger partial charge in [0.2, 0.25) is 0 Å². The molecule has 0 aromatic heterocycles. The van der Waals surface area contributed by atoms with E-state index in [1.165, 1.54) is 17.7 Å². The first kappa shape index (κ1) is 20.2. The van der Waals surface area contributed by atoms with Crippen LogP contribution in [-0.4, -0.2) is 47.7 Å². The molecule has 2 aliphatic heterocycles. The summed E-state index contributed by atoms with van der Waals surface area (Å²) in [5.74, 6) is -1.04. The summed E-state index contributed by atoms with van der Waals surface area (Å²) in [5, 5.41) is 9.16. The van der Waals surface area contributed by atoms with Crippen LogP contribution in [0, 0.1) is 11.2 Å². The van der Waals surface area contributed by atoms with E-state index in [2.05, 4.69) is 12.1 Å². The fourth-order valence-corrected chi connectivity index (χ4v) is 5.31. The average Bonchev–Trinajstić information content (AvgIpc) is 3.20. The van der Waals surface area contributed by atoms with Crippen LogP contribution in [-0.2, 0) is 9.53 Å². The Hall–Kier alpha value is -2.73. The molecule has 2 saturated heterocycles. The highest BCUT2D eigenvalue weighted by molar-refractivity contribution is 5.89. The maximum Gasteiger partial charge on any atom is 0.335 e. The highest BCUT2D eigenvalue weighted by Gasteiger charge is 2.55. The van der Waals surface area contributed by atoms with E-state index in [0.717, 1.165) is 56.8 Å². The lowest BCUT2D eigenvalue weighted by Crippen LogP contribution is -2.44. The molecule has 2 aromatic carbocycles. The first-order chi connectivity index (χ1) is 14.9. The zero-order chi connectivity index (χ0) is 21.6. The lowest BCUT2D eigenvalue weighted by atomic mass is 9.88. The second-order valence-electron chi connectivity index (χ2n) is 9.10. The van der Waals surface area contributed by atoms with Crippen LogP contribution in [0.4, 0.5) is 4.39 Å². The molecule has 5 nitrogen and oxygen atoms in total. The SMILES string of the molecule is O=C(O)c1cc(F)cc(-c2ccc([C@@H]3CC34CCN(C(=O)C3CCCO3)CC4)cc2)c1. The zero-order valence-corrected chi connectivity index (χ0v) is 17.4. The third-order valence-electron chi connectivity index (χ3n) is 7.26. The van der Waals surface area contributed by atoms with Gasteiger partial charge in [0, 0.05) is 19.7 Å². The van der Waals surface area contributed by atoms with Gasteiger partial charge in [0.05, 0.1) is 5.56 Å². The Kier molecular flexibility index (Phi) is 5.05. The molecule has 2 aromatic rings. The quantitative estimate of drug-likeness (QED) is 0.788. The van der Waals surface area contributed by atoms with Gasteiger partial charge in [-0.3, -0.25) is 4.79 Å². The largest absolute Gasteiger partial charge is 0.478 e. The number of rotatable bonds is 4. The van der Waals surface area contributed by atoms with Crippen molar-refractivity contribution in [1.82, 2.24) is 4.90 Å². The number of piperidine rings is 1. The van der Waals surface area contributed by atoms with E-state index in [9.17, 15) is 14.0 Å². The van der Waals surface area contributed by atoms with Crippen LogP contribution in [0.15, 0.2) is 42.5 Å². The molecule has 0 radical (unpaired) electrons. The number of benzene rings is 2. The second-order valence-corrected chi connectivity index (χ2v) is 9.10. The van der Waals surface area contributed by atoms with Gasteiger partial charge in [-0.1, -0.05) is 24.3 Å². The monoisotopic (exact) mass is 423 g/mol. The number of carboxylic acids is 1. The van der Waals surface area contributed by atoms with E-state index < -0.39 is 11.8 Å². The van der Waals surface area contributed by atoms with E-state index >= 15 is 0 Å². The molecule has 2 atom stereocenters. The predicted octanol–water partition coefficient (Wildman–Crippen LogP) is 4.47. The van der Waals surface area contributed by atoms with Gasteiger partial charge < -0.3 is 14.7 Å². The molecule has 1 saturated carbocycles. The van der Waals surface area contributed by atoms with Crippen molar-refractivity contribution in [2.75, 3.05) is 19.7 Å². The molecule has 1 N–H and O–H groups in total. The molecular formula is C25H26FNO4. The summed E-state index contributed by atoms with van der Waals surface area (Å²) in [5.41, 5.74) is 2.86. The summed E-state index contributed by atoms with van der Waals surface area (Å²) in [6.45, 7) is 2.29. The van der Waals surface area contributed by atoms with E-state index in [4.69, 9.17) is 9.84 Å². The standard InChI is InChI=1S/C25H26FNO4/c26-20-13-18(12-19(14-20)24(29)30)16-3-5-17(6-4-16)21-15-25(21)7-9-27(10-8-25)23(28)22-2-1-11-31-22/h3-6,12-14,21-22H,1-2,7-11,15H2,(H,29,30)/t21-,22?/m0/s1. The molecule has 3 aliphatic rings. The molecule has 1 aliphatic carbocycles. The Balaban J connectivity index is 1.24. The van der Waals surface area contributed by atoms with Crippen molar-refractivity contribution in [3.05, 3.63) is 59.4 Å². The molecule has 0 bridgehead atoms. The number of hydrogen-bond donors (Lipinski definition) is 1. The Labute approximate surface area is 180 Å². The first-order valence-electron chi connectivity index (χ1n) is 11.0. The van der Waals surface area contributed by atoms with Crippen molar-refractivity contribution in [3.8, 4) is 11.1 Å². The highest BCUT2D eigenvalue weighted by atomic mass is 19.1. The fraction of sp³-hybridized carbons (Fsp3) is 0.440. The van der Waals surface area contributed by atoms with Crippen LogP contribution >= 0.6 is 0 Å². The Morgan fingerprint density at radius 1 is 1.06 bits per heavy atom. The van der Waals surface area contributed by atoms with Gasteiger partial charge >= 0.3 is 5.97 Å². The van der Waals surface area contributed by atoms with Gasteiger partial charge in [0.15, 0.2) is 0 Å². The number of likely N-dealkylation sites (tertiary alicyclic amines) is 1. The third-order valence-corrected chi connectivity index (χ3v) is 7.26. The maximum absolute atomic E-state index is 13.8. The van der Waals surface area contributed by atoms with Crippen LogP contribution in [0.5, 0.6) is 0 Å². The fourth-order valence-electron chi connectivity index (χ4n) is 5.31. The molecular weight excluding hydrogens is 397 g/mol. The van der Waals surface area contributed by atoms with E-state index in [1.54, 1.807) is 0 Å². The van der Waals surface area contributed by atoms with Gasteiger partial charge in [-0.2, -0.15) is 0 Å². The van der Waals surface area contributed by atoms with Crippen LogP contribution in [0.2, 0.25) is 0 Å². The Morgan fingerprint density at radius 3 is 2.45 bits per heavy atom. The lowest BCUT2D eigenvalue weighted by Gasteiger charge is -2.34. The van der Waals surface area contributed by atoms with Gasteiger partial charge in [0.25, 0.3) is 5.91 Å².